The number of anilines is 1. The maximum Gasteiger partial charge on any atom is 0.289 e. The van der Waals surface area contributed by atoms with Crippen molar-refractivity contribution in [1.82, 2.24) is 5.32 Å². The number of nitrogens with zero attached hydrogens (tertiary/aromatic N) is 2. The zero-order valence-electron chi connectivity index (χ0n) is 15.0. The quantitative estimate of drug-likeness (QED) is 0.567. The van der Waals surface area contributed by atoms with Gasteiger partial charge in [-0.3, -0.25) is 10.5 Å². The van der Waals surface area contributed by atoms with Crippen molar-refractivity contribution in [2.45, 2.75) is 11.6 Å². The van der Waals surface area contributed by atoms with Crippen molar-refractivity contribution in [3.63, 3.8) is 0 Å². The number of nitriles is 2. The standard InChI is InChI=1S/C20H14ClN5OS2/c21-15-5-2-1-4-12(15)10-25-17(27)11-29-20-14(9-23)18(16-6-3-7-28-16)13(8-22)19(24)26-20/h1-7H,10-11H2,(H2,24,26)(H,25,27)/p+1. The molecule has 0 aliphatic heterocycles. The average Bonchev–Trinajstić information content (AvgIpc) is 3.25. The number of nitrogens with two attached hydrogens (primary N) is 1. The van der Waals surface area contributed by atoms with Gasteiger partial charge in [0.15, 0.2) is 10.6 Å². The van der Waals surface area contributed by atoms with Gasteiger partial charge in [0, 0.05) is 22.0 Å². The highest BCUT2D eigenvalue weighted by Crippen LogP contribution is 2.35. The van der Waals surface area contributed by atoms with Crippen molar-refractivity contribution >= 4 is 46.4 Å². The van der Waals surface area contributed by atoms with E-state index in [-0.39, 0.29) is 23.0 Å². The molecule has 0 unspecified atom stereocenters. The van der Waals surface area contributed by atoms with Crippen molar-refractivity contribution in [3.8, 4) is 22.6 Å². The Hall–Kier alpha value is -3.04. The minimum atomic E-state index is -0.215. The Labute approximate surface area is 180 Å². The van der Waals surface area contributed by atoms with Gasteiger partial charge in [0.25, 0.3) is 5.82 Å². The number of nitrogen functional groups attached to an aromatic ring is 1. The van der Waals surface area contributed by atoms with Crippen LogP contribution in [0.5, 0.6) is 0 Å². The van der Waals surface area contributed by atoms with Crippen LogP contribution in [0.3, 0.4) is 0 Å². The van der Waals surface area contributed by atoms with Gasteiger partial charge in [-0.15, -0.1) is 11.3 Å². The molecule has 0 aliphatic carbocycles. The molecule has 6 nitrogen and oxygen atoms in total. The molecule has 144 valence electrons. The van der Waals surface area contributed by atoms with E-state index in [2.05, 4.69) is 22.4 Å². The lowest BCUT2D eigenvalue weighted by Crippen LogP contribution is -2.26. The summed E-state index contributed by atoms with van der Waals surface area (Å²) < 4.78 is 0. The molecule has 4 N–H and O–H groups in total. The number of aromatic amines is 1. The largest absolute Gasteiger partial charge is 0.351 e. The average molecular weight is 441 g/mol. The molecule has 0 spiro atoms. The minimum Gasteiger partial charge on any atom is -0.351 e. The number of H-pyrrole nitrogens is 1. The fourth-order valence-corrected chi connectivity index (χ4v) is 4.48. The number of hydrogen-bond donors (Lipinski definition) is 2. The lowest BCUT2D eigenvalue weighted by atomic mass is 10.0. The third-order valence-electron chi connectivity index (χ3n) is 4.02. The molecule has 0 saturated carbocycles. The minimum absolute atomic E-state index is 0.0743. The normalized spacial score (nSPS) is 10.2. The second-order valence-electron chi connectivity index (χ2n) is 5.85. The van der Waals surface area contributed by atoms with Crippen LogP contribution in [-0.4, -0.2) is 11.7 Å². The fraction of sp³-hybridized carbons (Fsp3) is 0.100. The number of thioether (sulfide) groups is 1. The predicted molar refractivity (Wildman–Crippen MR) is 114 cm³/mol. The van der Waals surface area contributed by atoms with Crippen molar-refractivity contribution in [2.75, 3.05) is 11.5 Å². The molecule has 1 amide bonds. The first-order valence-electron chi connectivity index (χ1n) is 8.40. The highest BCUT2D eigenvalue weighted by atomic mass is 35.5. The molecular formula is C20H15ClN5OS2+. The molecule has 29 heavy (non-hydrogen) atoms. The van der Waals surface area contributed by atoms with Crippen LogP contribution in [-0.2, 0) is 11.3 Å². The molecule has 0 fully saturated rings. The third kappa shape index (κ3) is 4.69. The van der Waals surface area contributed by atoms with Gasteiger partial charge in [-0.2, -0.15) is 10.5 Å². The van der Waals surface area contributed by atoms with Crippen LogP contribution in [0.4, 0.5) is 5.82 Å². The topological polar surface area (TPSA) is 117 Å². The van der Waals surface area contributed by atoms with E-state index in [1.807, 2.05) is 35.7 Å². The molecule has 0 atom stereocenters. The van der Waals surface area contributed by atoms with E-state index in [1.54, 1.807) is 6.07 Å². The van der Waals surface area contributed by atoms with E-state index in [9.17, 15) is 15.3 Å². The smallest absolute Gasteiger partial charge is 0.289 e. The van der Waals surface area contributed by atoms with E-state index in [0.717, 1.165) is 22.2 Å². The number of benzene rings is 1. The predicted octanol–water partition coefficient (Wildman–Crippen LogP) is 3.62. The van der Waals surface area contributed by atoms with Crippen LogP contribution in [0, 0.1) is 22.7 Å². The summed E-state index contributed by atoms with van der Waals surface area (Å²) in [6.45, 7) is 0.309. The first-order valence-corrected chi connectivity index (χ1v) is 10.6. The van der Waals surface area contributed by atoms with E-state index in [0.29, 0.717) is 27.7 Å². The summed E-state index contributed by atoms with van der Waals surface area (Å²) in [5.41, 5.74) is 7.83. The summed E-state index contributed by atoms with van der Waals surface area (Å²) in [6.07, 6.45) is 0. The van der Waals surface area contributed by atoms with E-state index in [1.165, 1.54) is 11.3 Å². The van der Waals surface area contributed by atoms with Crippen molar-refractivity contribution < 1.29 is 9.78 Å². The SMILES string of the molecule is N#Cc1c(N)[nH+]c(SCC(=O)NCc2ccccc2Cl)c(C#N)c1-c1cccs1. The molecule has 2 heterocycles. The van der Waals surface area contributed by atoms with Crippen molar-refractivity contribution in [3.05, 3.63) is 63.5 Å². The number of carbonyl (C=O) groups excluding carboxylic acids is 1. The summed E-state index contributed by atoms with van der Waals surface area (Å²) >= 11 is 8.66. The number of rotatable bonds is 6. The summed E-state index contributed by atoms with van der Waals surface area (Å²) in [4.78, 5) is 15.9. The Bertz CT molecular complexity index is 1130. The van der Waals surface area contributed by atoms with Crippen LogP contribution in [0.15, 0.2) is 46.8 Å². The highest BCUT2D eigenvalue weighted by Gasteiger charge is 2.24. The Morgan fingerprint density at radius 2 is 1.97 bits per heavy atom. The molecule has 0 aliphatic rings. The van der Waals surface area contributed by atoms with Gasteiger partial charge in [-0.1, -0.05) is 47.6 Å². The van der Waals surface area contributed by atoms with Gasteiger partial charge in [0.05, 0.1) is 5.75 Å². The van der Waals surface area contributed by atoms with Crippen molar-refractivity contribution in [1.29, 1.82) is 10.5 Å². The zero-order valence-corrected chi connectivity index (χ0v) is 17.4. The van der Waals surface area contributed by atoms with Gasteiger partial charge in [-0.05, 0) is 23.1 Å². The second kappa shape index (κ2) is 9.44. The molecule has 3 rings (SSSR count). The molecule has 1 aromatic carbocycles. The van der Waals surface area contributed by atoms with E-state index >= 15 is 0 Å². The Kier molecular flexibility index (Phi) is 6.73. The molecule has 9 heteroatoms. The Balaban J connectivity index is 1.79. The van der Waals surface area contributed by atoms with Crippen LogP contribution in [0.1, 0.15) is 16.7 Å². The summed E-state index contributed by atoms with van der Waals surface area (Å²) in [7, 11) is 0. The van der Waals surface area contributed by atoms with Crippen LogP contribution < -0.4 is 16.0 Å². The molecule has 0 saturated heterocycles. The maximum atomic E-state index is 12.3. The number of carbonyl (C=O) groups is 1. The zero-order chi connectivity index (χ0) is 20.8. The van der Waals surface area contributed by atoms with Gasteiger partial charge >= 0.3 is 0 Å². The number of nitrogens with one attached hydrogen (secondary N) is 2. The Morgan fingerprint density at radius 1 is 1.21 bits per heavy atom. The first kappa shape index (κ1) is 20.7. The number of hydrogen-bond acceptors (Lipinski definition) is 6. The van der Waals surface area contributed by atoms with E-state index < -0.39 is 0 Å². The lowest BCUT2D eigenvalue weighted by molar-refractivity contribution is -0.410. The third-order valence-corrected chi connectivity index (χ3v) is 6.27. The monoisotopic (exact) mass is 440 g/mol. The summed E-state index contributed by atoms with van der Waals surface area (Å²) in [6, 6.07) is 15.1. The number of pyridine rings is 1. The van der Waals surface area contributed by atoms with E-state index in [4.69, 9.17) is 17.3 Å². The van der Waals surface area contributed by atoms with Gasteiger partial charge in [-0.25, -0.2) is 4.98 Å². The fourth-order valence-electron chi connectivity index (χ4n) is 2.64. The molecule has 2 aromatic heterocycles. The van der Waals surface area contributed by atoms with Gasteiger partial charge in [0.1, 0.15) is 17.7 Å². The summed E-state index contributed by atoms with van der Waals surface area (Å²) in [5, 5.41) is 24.9. The van der Waals surface area contributed by atoms with Crippen LogP contribution in [0.25, 0.3) is 10.4 Å². The molecule has 0 radical (unpaired) electrons. The maximum absolute atomic E-state index is 12.3. The highest BCUT2D eigenvalue weighted by molar-refractivity contribution is 7.99. The molecular weight excluding hydrogens is 426 g/mol. The van der Waals surface area contributed by atoms with Crippen LogP contribution in [0.2, 0.25) is 5.02 Å². The Morgan fingerprint density at radius 3 is 2.62 bits per heavy atom. The molecule has 3 aromatic rings. The lowest BCUT2D eigenvalue weighted by Gasteiger charge is -2.09. The number of thiophene rings is 1. The summed E-state index contributed by atoms with van der Waals surface area (Å²) in [5.74, 6) is 0.0203. The number of amides is 1. The number of halogens is 1. The first-order chi connectivity index (χ1) is 14.0. The van der Waals surface area contributed by atoms with Gasteiger partial charge < -0.3 is 5.32 Å². The van der Waals surface area contributed by atoms with Crippen molar-refractivity contribution in [2.24, 2.45) is 0 Å². The van der Waals surface area contributed by atoms with Gasteiger partial charge in [0.2, 0.25) is 5.91 Å². The van der Waals surface area contributed by atoms with Crippen LogP contribution >= 0.6 is 34.7 Å². The number of aromatic nitrogens is 1. The molecule has 0 bridgehead atoms. The second-order valence-corrected chi connectivity index (χ2v) is 8.19.